The molecule has 3 rings (SSSR count). The smallest absolute Gasteiger partial charge is 0.408 e. The van der Waals surface area contributed by atoms with Gasteiger partial charge in [0.1, 0.15) is 23.6 Å². The van der Waals surface area contributed by atoms with E-state index in [9.17, 15) is 22.8 Å². The number of nitrogens with one attached hydrogen (secondary N) is 3. The van der Waals surface area contributed by atoms with Gasteiger partial charge in [-0.05, 0) is 62.2 Å². The quantitative estimate of drug-likeness (QED) is 0.141. The van der Waals surface area contributed by atoms with E-state index in [1.165, 1.54) is 23.1 Å². The minimum absolute atomic E-state index is 0.0451. The van der Waals surface area contributed by atoms with Gasteiger partial charge in [0.2, 0.25) is 21.8 Å². The van der Waals surface area contributed by atoms with Gasteiger partial charge in [0.15, 0.2) is 6.29 Å². The Morgan fingerprint density at radius 2 is 1.44 bits per heavy atom. The fourth-order valence-electron chi connectivity index (χ4n) is 4.71. The standard InChI is InChI=1S/C34H41Cl3N4O8S/c1-4-41(21-31(47-5-2)48-6-3)33(43)28(18-23-12-14-25(35)15-13-23)39-32(42)29(40-34(44)49-22-24-10-8-7-9-11-24)20-38-50(45,46)30-17-16-26(36)19-27(30)37/h7-17,19,28-29,31,38H,4-6,18,20-22H2,1-3H3,(H,39,42)(H,40,44). The largest absolute Gasteiger partial charge is 0.445 e. The van der Waals surface area contributed by atoms with Crippen molar-refractivity contribution in [2.24, 2.45) is 0 Å². The van der Waals surface area contributed by atoms with E-state index in [2.05, 4.69) is 15.4 Å². The van der Waals surface area contributed by atoms with Crippen LogP contribution >= 0.6 is 34.8 Å². The molecule has 2 unspecified atom stereocenters. The second kappa shape index (κ2) is 20.4. The van der Waals surface area contributed by atoms with Crippen LogP contribution in [0, 0.1) is 0 Å². The number of carbonyl (C=O) groups excluding carboxylic acids is 3. The van der Waals surface area contributed by atoms with Gasteiger partial charge in [-0.25, -0.2) is 17.9 Å². The molecule has 0 saturated heterocycles. The molecule has 3 aromatic rings. The SMILES string of the molecule is CCOC(CN(CC)C(=O)C(Cc1ccc(Cl)cc1)NC(=O)C(CNS(=O)(=O)c1ccc(Cl)cc1Cl)NC(=O)OCc1ccccc1)OCC. The van der Waals surface area contributed by atoms with Crippen LogP contribution in [0.25, 0.3) is 0 Å². The van der Waals surface area contributed by atoms with E-state index in [1.807, 2.05) is 0 Å². The van der Waals surface area contributed by atoms with Crippen LogP contribution in [0.3, 0.4) is 0 Å². The van der Waals surface area contributed by atoms with Gasteiger partial charge in [-0.2, -0.15) is 0 Å². The fraction of sp³-hybridized carbons (Fsp3) is 0.382. The molecule has 272 valence electrons. The summed E-state index contributed by atoms with van der Waals surface area (Å²) in [5.74, 6) is -1.32. The van der Waals surface area contributed by atoms with E-state index in [4.69, 9.17) is 49.0 Å². The maximum absolute atomic E-state index is 14.0. The molecule has 3 N–H and O–H groups in total. The second-order valence-electron chi connectivity index (χ2n) is 10.8. The summed E-state index contributed by atoms with van der Waals surface area (Å²) in [4.78, 5) is 42.0. The lowest BCUT2D eigenvalue weighted by Gasteiger charge is -2.31. The molecular weight excluding hydrogens is 731 g/mol. The molecule has 0 saturated carbocycles. The van der Waals surface area contributed by atoms with Gasteiger partial charge in [-0.1, -0.05) is 77.3 Å². The van der Waals surface area contributed by atoms with E-state index in [1.54, 1.807) is 75.4 Å². The maximum Gasteiger partial charge on any atom is 0.408 e. The van der Waals surface area contributed by atoms with Crippen LogP contribution in [0.1, 0.15) is 31.9 Å². The zero-order valence-electron chi connectivity index (χ0n) is 27.9. The van der Waals surface area contributed by atoms with Crippen molar-refractivity contribution in [3.8, 4) is 0 Å². The van der Waals surface area contributed by atoms with Gasteiger partial charge >= 0.3 is 6.09 Å². The molecule has 2 atom stereocenters. The number of benzene rings is 3. The molecule has 16 heteroatoms. The lowest BCUT2D eigenvalue weighted by Crippen LogP contribution is -2.58. The van der Waals surface area contributed by atoms with Crippen LogP contribution in [-0.4, -0.2) is 82.4 Å². The summed E-state index contributed by atoms with van der Waals surface area (Å²) in [5.41, 5.74) is 1.37. The number of alkyl carbamates (subject to hydrolysis) is 1. The number of hydrogen-bond acceptors (Lipinski definition) is 8. The lowest BCUT2D eigenvalue weighted by molar-refractivity contribution is -0.160. The van der Waals surface area contributed by atoms with E-state index < -0.39 is 52.8 Å². The number of likely N-dealkylation sites (N-methyl/N-ethyl adjacent to an activating group) is 1. The van der Waals surface area contributed by atoms with Crippen molar-refractivity contribution in [3.63, 3.8) is 0 Å². The lowest BCUT2D eigenvalue weighted by atomic mass is 10.0. The first-order valence-electron chi connectivity index (χ1n) is 15.9. The van der Waals surface area contributed by atoms with E-state index in [0.717, 1.165) is 0 Å². The van der Waals surface area contributed by atoms with Crippen molar-refractivity contribution in [2.45, 2.75) is 57.1 Å². The fourth-order valence-corrected chi connectivity index (χ4v) is 6.65. The molecule has 0 aliphatic rings. The van der Waals surface area contributed by atoms with Crippen LogP contribution in [0.2, 0.25) is 15.1 Å². The summed E-state index contributed by atoms with van der Waals surface area (Å²) in [6, 6.07) is 16.7. The van der Waals surface area contributed by atoms with Gasteiger partial charge in [0, 0.05) is 42.8 Å². The number of ether oxygens (including phenoxy) is 3. The molecule has 0 radical (unpaired) electrons. The minimum atomic E-state index is -4.29. The van der Waals surface area contributed by atoms with Crippen molar-refractivity contribution in [1.29, 1.82) is 0 Å². The highest BCUT2D eigenvalue weighted by atomic mass is 35.5. The van der Waals surface area contributed by atoms with Crippen LogP contribution < -0.4 is 15.4 Å². The summed E-state index contributed by atoms with van der Waals surface area (Å²) < 4.78 is 45.3. The Balaban J connectivity index is 1.89. The Labute approximate surface area is 307 Å². The molecule has 0 bridgehead atoms. The van der Waals surface area contributed by atoms with E-state index in [-0.39, 0.29) is 41.1 Å². The van der Waals surface area contributed by atoms with Crippen molar-refractivity contribution in [2.75, 3.05) is 32.8 Å². The molecule has 3 amide bonds. The first-order valence-corrected chi connectivity index (χ1v) is 18.5. The normalized spacial score (nSPS) is 12.6. The molecule has 50 heavy (non-hydrogen) atoms. The molecule has 0 aromatic heterocycles. The van der Waals surface area contributed by atoms with Crippen LogP contribution in [-0.2, 0) is 46.9 Å². The van der Waals surface area contributed by atoms with E-state index >= 15 is 0 Å². The molecule has 0 heterocycles. The minimum Gasteiger partial charge on any atom is -0.445 e. The molecule has 12 nitrogen and oxygen atoms in total. The molecule has 0 fully saturated rings. The van der Waals surface area contributed by atoms with Crippen molar-refractivity contribution in [1.82, 2.24) is 20.3 Å². The van der Waals surface area contributed by atoms with Crippen LogP contribution in [0.4, 0.5) is 4.79 Å². The zero-order valence-corrected chi connectivity index (χ0v) is 30.9. The van der Waals surface area contributed by atoms with Gasteiger partial charge in [0.25, 0.3) is 0 Å². The highest BCUT2D eigenvalue weighted by Crippen LogP contribution is 2.24. The number of amides is 3. The maximum atomic E-state index is 14.0. The van der Waals surface area contributed by atoms with Crippen molar-refractivity contribution in [3.05, 3.63) is 99.0 Å². The first-order chi connectivity index (χ1) is 23.9. The molecule has 0 spiro atoms. The molecule has 3 aromatic carbocycles. The van der Waals surface area contributed by atoms with Gasteiger partial charge < -0.3 is 29.7 Å². The third kappa shape index (κ3) is 13.0. The number of nitrogens with zero attached hydrogens (tertiary/aromatic N) is 1. The van der Waals surface area contributed by atoms with Crippen LogP contribution in [0.15, 0.2) is 77.7 Å². The first kappa shape index (κ1) is 41.0. The third-order valence-corrected chi connectivity index (χ3v) is 9.61. The Kier molecular flexibility index (Phi) is 16.7. The average Bonchev–Trinajstić information content (AvgIpc) is 3.08. The summed E-state index contributed by atoms with van der Waals surface area (Å²) in [7, 11) is -4.29. The van der Waals surface area contributed by atoms with Crippen LogP contribution in [0.5, 0.6) is 0 Å². The number of rotatable bonds is 19. The molecule has 0 aliphatic heterocycles. The van der Waals surface area contributed by atoms with Gasteiger partial charge in [-0.15, -0.1) is 0 Å². The topological polar surface area (TPSA) is 152 Å². The molecular formula is C34H41Cl3N4O8S. The predicted molar refractivity (Wildman–Crippen MR) is 192 cm³/mol. The summed E-state index contributed by atoms with van der Waals surface area (Å²) in [6.45, 7) is 5.70. The highest BCUT2D eigenvalue weighted by Gasteiger charge is 2.32. The monoisotopic (exact) mass is 770 g/mol. The number of halogens is 3. The Morgan fingerprint density at radius 1 is 0.800 bits per heavy atom. The Bertz CT molecular complexity index is 1660. The van der Waals surface area contributed by atoms with Crippen molar-refractivity contribution < 1.29 is 37.0 Å². The van der Waals surface area contributed by atoms with Gasteiger partial charge in [-0.3, -0.25) is 9.59 Å². The number of sulfonamides is 1. The summed E-state index contributed by atoms with van der Waals surface area (Å²) >= 11 is 18.2. The third-order valence-electron chi connectivity index (χ3n) is 7.22. The van der Waals surface area contributed by atoms with E-state index in [0.29, 0.717) is 29.4 Å². The van der Waals surface area contributed by atoms with Crippen molar-refractivity contribution >= 4 is 62.7 Å². The summed E-state index contributed by atoms with van der Waals surface area (Å²) in [6.07, 6.45) is -1.66. The Morgan fingerprint density at radius 3 is 2.04 bits per heavy atom. The number of hydrogen-bond donors (Lipinski definition) is 3. The number of carbonyl (C=O) groups is 3. The molecule has 0 aliphatic carbocycles. The zero-order chi connectivity index (χ0) is 36.7. The average molecular weight is 772 g/mol. The summed E-state index contributed by atoms with van der Waals surface area (Å²) in [5, 5.41) is 5.70. The predicted octanol–water partition coefficient (Wildman–Crippen LogP) is 5.20. The second-order valence-corrected chi connectivity index (χ2v) is 13.8. The Hall–Kier alpha value is -3.43. The van der Waals surface area contributed by atoms with Gasteiger partial charge in [0.05, 0.1) is 11.6 Å². The highest BCUT2D eigenvalue weighted by molar-refractivity contribution is 7.89.